The lowest BCUT2D eigenvalue weighted by molar-refractivity contribution is -0.129. The third kappa shape index (κ3) is 6.19. The lowest BCUT2D eigenvalue weighted by Gasteiger charge is -2.35. The smallest absolute Gasteiger partial charge is 0.251 e. The van der Waals surface area contributed by atoms with Gasteiger partial charge in [0.1, 0.15) is 12.4 Å². The van der Waals surface area contributed by atoms with Crippen LogP contribution in [0.2, 0.25) is 0 Å². The Morgan fingerprint density at radius 1 is 1.23 bits per heavy atom. The number of rotatable bonds is 6. The first kappa shape index (κ1) is 28.4. The summed E-state index contributed by atoms with van der Waals surface area (Å²) in [6.45, 7) is 6.16. The lowest BCUT2D eigenvalue weighted by Crippen LogP contribution is -2.52. The number of aliphatic hydroxyl groups is 1. The molecule has 1 aromatic carbocycles. The molecule has 12 heteroatoms. The quantitative estimate of drug-likeness (QED) is 0.537. The average Bonchev–Trinajstić information content (AvgIpc) is 3.47. The van der Waals surface area contributed by atoms with Gasteiger partial charge >= 0.3 is 0 Å². The number of nitrogens with zero attached hydrogens (tertiary/aromatic N) is 6. The normalized spacial score (nSPS) is 22.3. The minimum Gasteiger partial charge on any atom is -0.391 e. The number of β-amino-alcohol motifs (C(OH)–C–C–N with tert-alkyl or cyclic N) is 1. The molecule has 1 aliphatic carbocycles. The van der Waals surface area contributed by atoms with Gasteiger partial charge in [0.25, 0.3) is 11.8 Å². The Labute approximate surface area is 226 Å². The minimum atomic E-state index is -2.76. The van der Waals surface area contributed by atoms with Crippen molar-refractivity contribution in [2.45, 2.75) is 88.4 Å². The second-order valence-electron chi connectivity index (χ2n) is 11.5. The zero-order valence-corrected chi connectivity index (χ0v) is 22.6. The summed E-state index contributed by atoms with van der Waals surface area (Å²) in [5.74, 6) is -3.74. The van der Waals surface area contributed by atoms with Crippen LogP contribution in [0.1, 0.15) is 70.3 Å². The molecule has 10 nitrogen and oxygen atoms in total. The molecule has 0 bridgehead atoms. The van der Waals surface area contributed by atoms with Crippen molar-refractivity contribution in [1.29, 1.82) is 5.26 Å². The highest BCUT2D eigenvalue weighted by Crippen LogP contribution is 2.35. The van der Waals surface area contributed by atoms with Crippen molar-refractivity contribution in [2.75, 3.05) is 11.4 Å². The first-order valence-corrected chi connectivity index (χ1v) is 13.1. The van der Waals surface area contributed by atoms with Crippen LogP contribution in [0.4, 0.5) is 14.5 Å². The summed E-state index contributed by atoms with van der Waals surface area (Å²) in [6, 6.07) is 4.43. The van der Waals surface area contributed by atoms with Gasteiger partial charge in [-0.15, -0.1) is 10.2 Å². The molecule has 1 saturated carbocycles. The largest absolute Gasteiger partial charge is 0.391 e. The van der Waals surface area contributed by atoms with E-state index in [9.17, 15) is 28.7 Å². The third-order valence-corrected chi connectivity index (χ3v) is 7.50. The number of aromatic nitrogens is 3. The van der Waals surface area contributed by atoms with E-state index in [4.69, 9.17) is 0 Å². The van der Waals surface area contributed by atoms with Crippen molar-refractivity contribution < 1.29 is 23.5 Å². The van der Waals surface area contributed by atoms with Gasteiger partial charge in [0, 0.05) is 38.0 Å². The van der Waals surface area contributed by atoms with E-state index in [0.29, 0.717) is 5.69 Å². The van der Waals surface area contributed by atoms with Gasteiger partial charge in [-0.2, -0.15) is 5.26 Å². The highest BCUT2D eigenvalue weighted by atomic mass is 19.3. The molecule has 4 rings (SSSR count). The van der Waals surface area contributed by atoms with E-state index in [0.717, 1.165) is 5.56 Å². The van der Waals surface area contributed by atoms with Gasteiger partial charge in [0.2, 0.25) is 5.92 Å². The monoisotopic (exact) mass is 543 g/mol. The molecule has 1 saturated heterocycles. The lowest BCUT2D eigenvalue weighted by atomic mass is 9.87. The Kier molecular flexibility index (Phi) is 7.93. The van der Waals surface area contributed by atoms with Crippen molar-refractivity contribution in [3.8, 4) is 6.19 Å². The molecule has 39 heavy (non-hydrogen) atoms. The summed E-state index contributed by atoms with van der Waals surface area (Å²) in [7, 11) is 1.64. The summed E-state index contributed by atoms with van der Waals surface area (Å²) < 4.78 is 29.0. The molecular formula is C27H35F2N7O3. The number of nitrogens with one attached hydrogen (secondary N) is 1. The number of benzene rings is 1. The number of halogens is 2. The second kappa shape index (κ2) is 10.9. The number of aryl methyl sites for hydroxylation is 1. The Hall–Kier alpha value is -3.59. The number of hydrogen-bond donors (Lipinski definition) is 2. The topological polar surface area (TPSA) is 127 Å². The number of carbonyl (C=O) groups excluding carboxylic acids is 2. The molecule has 2 N–H and O–H groups in total. The van der Waals surface area contributed by atoms with Gasteiger partial charge in [-0.1, -0.05) is 32.9 Å². The van der Waals surface area contributed by atoms with Crippen LogP contribution in [0.5, 0.6) is 0 Å². The van der Waals surface area contributed by atoms with Gasteiger partial charge in [-0.05, 0) is 36.0 Å². The van der Waals surface area contributed by atoms with E-state index < -0.39 is 42.0 Å². The maximum atomic E-state index is 14.2. The van der Waals surface area contributed by atoms with Gasteiger partial charge < -0.3 is 15.0 Å². The fraction of sp³-hybridized carbons (Fsp3) is 0.593. The molecular weight excluding hydrogens is 508 g/mol. The van der Waals surface area contributed by atoms with E-state index in [-0.39, 0.29) is 49.9 Å². The van der Waals surface area contributed by atoms with Crippen LogP contribution in [-0.2, 0) is 22.1 Å². The number of carbonyl (C=O) groups is 2. The van der Waals surface area contributed by atoms with Crippen molar-refractivity contribution in [2.24, 2.45) is 7.05 Å². The number of likely N-dealkylation sites (tertiary alicyclic amines) is 1. The van der Waals surface area contributed by atoms with E-state index in [2.05, 4.69) is 36.3 Å². The molecule has 1 aliphatic heterocycles. The van der Waals surface area contributed by atoms with Gasteiger partial charge in [-0.3, -0.25) is 19.4 Å². The fourth-order valence-corrected chi connectivity index (χ4v) is 5.20. The van der Waals surface area contributed by atoms with Crippen molar-refractivity contribution in [3.63, 3.8) is 0 Å². The van der Waals surface area contributed by atoms with Gasteiger partial charge in [0.15, 0.2) is 18.1 Å². The van der Waals surface area contributed by atoms with E-state index in [1.165, 1.54) is 20.7 Å². The van der Waals surface area contributed by atoms with Gasteiger partial charge in [0.05, 0.1) is 12.6 Å². The van der Waals surface area contributed by atoms with E-state index >= 15 is 0 Å². The van der Waals surface area contributed by atoms with Crippen LogP contribution in [-0.4, -0.2) is 67.2 Å². The number of alkyl halides is 2. The highest BCUT2D eigenvalue weighted by Gasteiger charge is 2.45. The molecule has 0 radical (unpaired) electrons. The van der Waals surface area contributed by atoms with Crippen LogP contribution in [0.3, 0.4) is 0 Å². The van der Waals surface area contributed by atoms with Gasteiger partial charge in [-0.25, -0.2) is 8.78 Å². The Morgan fingerprint density at radius 2 is 1.87 bits per heavy atom. The van der Waals surface area contributed by atoms with Crippen molar-refractivity contribution in [1.82, 2.24) is 25.0 Å². The first-order chi connectivity index (χ1) is 18.3. The highest BCUT2D eigenvalue weighted by molar-refractivity contribution is 6.03. The summed E-state index contributed by atoms with van der Waals surface area (Å²) in [5.41, 5.74) is 1.24. The summed E-state index contributed by atoms with van der Waals surface area (Å²) in [6.07, 6.45) is 2.06. The number of aliphatic hydroxyl groups excluding tert-OH is 1. The van der Waals surface area contributed by atoms with E-state index in [1.54, 1.807) is 19.2 Å². The minimum absolute atomic E-state index is 0.000811. The third-order valence-electron chi connectivity index (χ3n) is 7.50. The van der Waals surface area contributed by atoms with Crippen molar-refractivity contribution >= 4 is 17.5 Å². The first-order valence-electron chi connectivity index (χ1n) is 13.1. The molecule has 3 atom stereocenters. The summed E-state index contributed by atoms with van der Waals surface area (Å²) in [4.78, 5) is 30.6. The zero-order valence-electron chi connectivity index (χ0n) is 22.6. The number of hydrogen-bond acceptors (Lipinski definition) is 7. The number of amides is 2. The Bertz CT molecular complexity index is 1230. The summed E-state index contributed by atoms with van der Waals surface area (Å²) >= 11 is 0. The molecule has 2 aromatic rings. The molecule has 0 spiro atoms. The molecule has 2 heterocycles. The SMILES string of the molecule is Cn1cnnc1C(C(=O)NC1CCC(F)(F)CC1)N(C(=O)[C@H]1C[C@@H](O)CN1C#N)c1ccc(C(C)(C)C)cc1. The number of nitriles is 1. The maximum absolute atomic E-state index is 14.2. The average molecular weight is 544 g/mol. The number of anilines is 1. The van der Waals surface area contributed by atoms with Crippen LogP contribution in [0.15, 0.2) is 30.6 Å². The summed E-state index contributed by atoms with van der Waals surface area (Å²) in [5, 5.41) is 30.8. The van der Waals surface area contributed by atoms with Crippen molar-refractivity contribution in [3.05, 3.63) is 42.0 Å². The zero-order chi connectivity index (χ0) is 28.5. The van der Waals surface area contributed by atoms with E-state index in [1.807, 2.05) is 18.3 Å². The molecule has 1 unspecified atom stereocenters. The standard InChI is InChI=1S/C27H35F2N7O3/c1-26(2,3)17-5-7-19(8-6-17)36(25(39)21-13-20(37)14-35(21)15-30)22(23-33-31-16-34(23)4)24(38)32-18-9-11-27(28,29)12-10-18/h5-8,16,18,20-22,37H,9-14H2,1-4H3,(H,32,38)/t20-,21-,22?/m1/s1. The Balaban J connectivity index is 1.76. The fourth-order valence-electron chi connectivity index (χ4n) is 5.20. The Morgan fingerprint density at radius 3 is 2.41 bits per heavy atom. The predicted octanol–water partition coefficient (Wildman–Crippen LogP) is 2.80. The van der Waals surface area contributed by atoms with Crippen LogP contribution in [0.25, 0.3) is 0 Å². The molecule has 2 amide bonds. The molecule has 1 aromatic heterocycles. The predicted molar refractivity (Wildman–Crippen MR) is 138 cm³/mol. The van der Waals surface area contributed by atoms with Crippen LogP contribution >= 0.6 is 0 Å². The maximum Gasteiger partial charge on any atom is 0.251 e. The molecule has 2 fully saturated rings. The molecule has 210 valence electrons. The molecule has 2 aliphatic rings. The van der Waals surface area contributed by atoms with Crippen LogP contribution < -0.4 is 10.2 Å². The van der Waals surface area contributed by atoms with Crippen LogP contribution in [0, 0.1) is 11.5 Å². The second-order valence-corrected chi connectivity index (χ2v) is 11.5.